The molecule has 0 radical (unpaired) electrons. The molecule has 26 heavy (non-hydrogen) atoms. The first-order chi connectivity index (χ1) is 12.3. The first kappa shape index (κ1) is 20.0. The molecule has 0 spiro atoms. The largest absolute Gasteiger partial charge is 0.478 e. The summed E-state index contributed by atoms with van der Waals surface area (Å²) in [5.74, 6) is -1.59. The van der Waals surface area contributed by atoms with Crippen molar-refractivity contribution in [2.45, 2.75) is 4.90 Å². The second-order valence-electron chi connectivity index (χ2n) is 5.03. The maximum Gasteiger partial charge on any atom is 0.328 e. The van der Waals surface area contributed by atoms with Crippen molar-refractivity contribution < 1.29 is 19.5 Å². The van der Waals surface area contributed by atoms with E-state index >= 15 is 0 Å². The number of carbonyl (C=O) groups excluding carboxylic acids is 2. The topological polar surface area (TPSA) is 83.5 Å². The number of carboxylic acid groups (broad SMARTS) is 1. The minimum Gasteiger partial charge on any atom is -0.478 e. The molecule has 0 aliphatic carbocycles. The fourth-order valence-corrected chi connectivity index (χ4v) is 2.96. The Morgan fingerprint density at radius 2 is 1.69 bits per heavy atom. The number of hydrogen-bond acceptors (Lipinski definition) is 4. The van der Waals surface area contributed by atoms with Crippen LogP contribution in [0.3, 0.4) is 0 Å². The Morgan fingerprint density at radius 3 is 2.31 bits per heavy atom. The van der Waals surface area contributed by atoms with Crippen LogP contribution in [0.25, 0.3) is 0 Å². The third-order valence-electron chi connectivity index (χ3n) is 3.11. The van der Waals surface area contributed by atoms with E-state index in [0.29, 0.717) is 21.3 Å². The molecule has 0 aromatic heterocycles. The number of benzene rings is 2. The second kappa shape index (κ2) is 9.43. The molecule has 5 nitrogen and oxygen atoms in total. The van der Waals surface area contributed by atoms with Crippen LogP contribution in [-0.2, 0) is 9.59 Å². The van der Waals surface area contributed by atoms with Gasteiger partial charge in [0.25, 0.3) is 0 Å². The Labute approximate surface area is 164 Å². The summed E-state index contributed by atoms with van der Waals surface area (Å²) in [5.41, 5.74) is 1.01. The number of ketones is 1. The Hall–Kier alpha value is -2.28. The van der Waals surface area contributed by atoms with Gasteiger partial charge in [-0.2, -0.15) is 0 Å². The number of nitrogens with one attached hydrogen (secondary N) is 1. The van der Waals surface area contributed by atoms with E-state index in [2.05, 4.69) is 5.32 Å². The zero-order valence-corrected chi connectivity index (χ0v) is 15.6. The van der Waals surface area contributed by atoms with Gasteiger partial charge in [0.2, 0.25) is 5.91 Å². The van der Waals surface area contributed by atoms with Crippen molar-refractivity contribution >= 4 is 58.3 Å². The van der Waals surface area contributed by atoms with Crippen molar-refractivity contribution in [3.63, 3.8) is 0 Å². The number of thioether (sulfide) groups is 1. The smallest absolute Gasteiger partial charge is 0.328 e. The van der Waals surface area contributed by atoms with E-state index < -0.39 is 11.9 Å². The SMILES string of the molecule is O=C(O)/C=C/C(=O)Nc1ccc(SCC(=O)c2ccc(Cl)c(Cl)c2)cc1. The van der Waals surface area contributed by atoms with Crippen molar-refractivity contribution in [2.75, 3.05) is 11.1 Å². The van der Waals surface area contributed by atoms with Gasteiger partial charge in [-0.1, -0.05) is 23.2 Å². The highest BCUT2D eigenvalue weighted by molar-refractivity contribution is 8.00. The second-order valence-corrected chi connectivity index (χ2v) is 6.89. The first-order valence-corrected chi connectivity index (χ1v) is 9.02. The van der Waals surface area contributed by atoms with Crippen LogP contribution in [0.2, 0.25) is 10.0 Å². The van der Waals surface area contributed by atoms with E-state index in [9.17, 15) is 14.4 Å². The van der Waals surface area contributed by atoms with Gasteiger partial charge in [-0.3, -0.25) is 9.59 Å². The highest BCUT2D eigenvalue weighted by Gasteiger charge is 2.09. The van der Waals surface area contributed by atoms with Crippen LogP contribution in [0.1, 0.15) is 10.4 Å². The van der Waals surface area contributed by atoms with Gasteiger partial charge in [-0.25, -0.2) is 4.79 Å². The Kier molecular flexibility index (Phi) is 7.26. The molecule has 0 aliphatic rings. The molecule has 0 bridgehead atoms. The molecule has 2 N–H and O–H groups in total. The van der Waals surface area contributed by atoms with Crippen LogP contribution >= 0.6 is 35.0 Å². The molecule has 0 atom stereocenters. The summed E-state index contributed by atoms with van der Waals surface area (Å²) in [5, 5.41) is 11.7. The molecule has 134 valence electrons. The molecular formula is C18H13Cl2NO4S. The molecule has 8 heteroatoms. The number of amides is 1. The number of carbonyl (C=O) groups is 3. The van der Waals surface area contributed by atoms with Gasteiger partial charge in [0.15, 0.2) is 5.78 Å². The number of hydrogen-bond donors (Lipinski definition) is 2. The lowest BCUT2D eigenvalue weighted by Gasteiger charge is -2.05. The number of aliphatic carboxylic acids is 1. The monoisotopic (exact) mass is 409 g/mol. The molecule has 0 saturated carbocycles. The van der Waals surface area contributed by atoms with E-state index in [0.717, 1.165) is 17.0 Å². The molecular weight excluding hydrogens is 397 g/mol. The quantitative estimate of drug-likeness (QED) is 0.398. The van der Waals surface area contributed by atoms with Crippen LogP contribution in [0.4, 0.5) is 5.69 Å². The fourth-order valence-electron chi connectivity index (χ4n) is 1.87. The van der Waals surface area contributed by atoms with Gasteiger partial charge in [-0.05, 0) is 42.5 Å². The lowest BCUT2D eigenvalue weighted by Crippen LogP contribution is -2.08. The standard InChI is InChI=1S/C18H13Cl2NO4S/c19-14-6-1-11(9-15(14)20)16(22)10-26-13-4-2-12(3-5-13)21-17(23)7-8-18(24)25/h1-9H,10H2,(H,21,23)(H,24,25)/b8-7+. The van der Waals surface area contributed by atoms with Crippen LogP contribution in [0, 0.1) is 0 Å². The fraction of sp³-hybridized carbons (Fsp3) is 0.0556. The number of rotatable bonds is 7. The molecule has 0 heterocycles. The molecule has 0 unspecified atom stereocenters. The van der Waals surface area contributed by atoms with Gasteiger partial charge in [0, 0.05) is 28.3 Å². The lowest BCUT2D eigenvalue weighted by molar-refractivity contribution is -0.131. The summed E-state index contributed by atoms with van der Waals surface area (Å²) < 4.78 is 0. The maximum atomic E-state index is 12.2. The van der Waals surface area contributed by atoms with Gasteiger partial charge in [0.05, 0.1) is 15.8 Å². The highest BCUT2D eigenvalue weighted by atomic mass is 35.5. The predicted molar refractivity (Wildman–Crippen MR) is 103 cm³/mol. The van der Waals surface area contributed by atoms with Crippen molar-refractivity contribution in [3.8, 4) is 0 Å². The zero-order valence-electron chi connectivity index (χ0n) is 13.2. The van der Waals surface area contributed by atoms with Gasteiger partial charge >= 0.3 is 5.97 Å². The van der Waals surface area contributed by atoms with Gasteiger partial charge < -0.3 is 10.4 Å². The summed E-state index contributed by atoms with van der Waals surface area (Å²) in [6.07, 6.45) is 1.69. The van der Waals surface area contributed by atoms with Gasteiger partial charge in [-0.15, -0.1) is 11.8 Å². The van der Waals surface area contributed by atoms with Crippen molar-refractivity contribution in [1.82, 2.24) is 0 Å². The number of Topliss-reactive ketones (excluding diaryl/α,β-unsaturated/α-hetero) is 1. The molecule has 0 aliphatic heterocycles. The third kappa shape index (κ3) is 6.22. The van der Waals surface area contributed by atoms with Gasteiger partial charge in [0.1, 0.15) is 0 Å². The van der Waals surface area contributed by atoms with Crippen LogP contribution in [0.15, 0.2) is 59.5 Å². The van der Waals surface area contributed by atoms with E-state index in [1.807, 2.05) is 0 Å². The molecule has 1 amide bonds. The molecule has 2 rings (SSSR count). The average molecular weight is 410 g/mol. The van der Waals surface area contributed by atoms with Crippen molar-refractivity contribution in [2.24, 2.45) is 0 Å². The maximum absolute atomic E-state index is 12.2. The van der Waals surface area contributed by atoms with E-state index in [1.165, 1.54) is 17.8 Å². The van der Waals surface area contributed by atoms with Crippen LogP contribution in [-0.4, -0.2) is 28.5 Å². The lowest BCUT2D eigenvalue weighted by atomic mass is 10.1. The summed E-state index contributed by atoms with van der Waals surface area (Å²) in [7, 11) is 0. The molecule has 2 aromatic carbocycles. The Balaban J connectivity index is 1.90. The van der Waals surface area contributed by atoms with Crippen molar-refractivity contribution in [1.29, 1.82) is 0 Å². The Bertz CT molecular complexity index is 866. The minimum atomic E-state index is -1.20. The predicted octanol–water partition coefficient (Wildman–Crippen LogP) is 4.55. The summed E-state index contributed by atoms with van der Waals surface area (Å²) >= 11 is 13.1. The van der Waals surface area contributed by atoms with Crippen molar-refractivity contribution in [3.05, 3.63) is 70.2 Å². The summed E-state index contributed by atoms with van der Waals surface area (Å²) in [6, 6.07) is 11.6. The zero-order chi connectivity index (χ0) is 19.1. The number of carboxylic acids is 1. The van der Waals surface area contributed by atoms with E-state index in [4.69, 9.17) is 28.3 Å². The van der Waals surface area contributed by atoms with E-state index in [-0.39, 0.29) is 11.5 Å². The average Bonchev–Trinajstić information content (AvgIpc) is 2.61. The molecule has 0 fully saturated rings. The number of halogens is 2. The molecule has 2 aromatic rings. The molecule has 0 saturated heterocycles. The first-order valence-electron chi connectivity index (χ1n) is 7.28. The minimum absolute atomic E-state index is 0.0789. The normalized spacial score (nSPS) is 10.7. The highest BCUT2D eigenvalue weighted by Crippen LogP contribution is 2.25. The third-order valence-corrected chi connectivity index (χ3v) is 4.86. The Morgan fingerprint density at radius 1 is 1.00 bits per heavy atom. The van der Waals surface area contributed by atoms with E-state index in [1.54, 1.807) is 36.4 Å². The summed E-state index contributed by atoms with van der Waals surface area (Å²) in [4.78, 5) is 34.9. The summed E-state index contributed by atoms with van der Waals surface area (Å²) in [6.45, 7) is 0. The van der Waals surface area contributed by atoms with Crippen LogP contribution < -0.4 is 5.32 Å². The van der Waals surface area contributed by atoms with Crippen LogP contribution in [0.5, 0.6) is 0 Å². The number of anilines is 1.